The second-order valence-corrected chi connectivity index (χ2v) is 3.77. The summed E-state index contributed by atoms with van der Waals surface area (Å²) in [4.78, 5) is 0. The van der Waals surface area contributed by atoms with Gasteiger partial charge in [0.2, 0.25) is 0 Å². The largest absolute Gasteiger partial charge is 0.457 e. The Morgan fingerprint density at radius 1 is 0.850 bits per heavy atom. The summed E-state index contributed by atoms with van der Waals surface area (Å²) >= 11 is 0. The molecule has 0 aromatic heterocycles. The van der Waals surface area contributed by atoms with E-state index in [0.717, 1.165) is 11.3 Å². The lowest BCUT2D eigenvalue weighted by Gasteiger charge is -2.05. The van der Waals surface area contributed by atoms with Crippen LogP contribution in [-0.4, -0.2) is 0 Å². The average Bonchev–Trinajstić information content (AvgIpc) is 2.47. The minimum Gasteiger partial charge on any atom is -0.457 e. The Balaban J connectivity index is 0.00000200. The van der Waals surface area contributed by atoms with E-state index in [1.165, 1.54) is 6.08 Å². The topological polar surface area (TPSA) is 56.8 Å². The van der Waals surface area contributed by atoms with Crippen molar-refractivity contribution >= 4 is 6.08 Å². The van der Waals surface area contributed by atoms with Crippen LogP contribution in [0.1, 0.15) is 13.0 Å². The molecule has 0 unspecified atom stereocenters. The maximum atomic E-state index is 8.67. The molecule has 0 amide bonds. The second kappa shape index (κ2) is 7.41. The van der Waals surface area contributed by atoms with E-state index in [1.54, 1.807) is 24.3 Å². The molecule has 0 fully saturated rings. The number of para-hydroxylation sites is 1. The molecular weight excluding hydrogens is 248 g/mol. The van der Waals surface area contributed by atoms with Crippen molar-refractivity contribution in [3.63, 3.8) is 0 Å². The molecule has 2 aromatic rings. The number of ether oxygens (including phenoxy) is 1. The standard InChI is InChI=1S/C16H10N2O.CH4/c17-11-14(12-18)10-13-6-8-16(9-7-13)19-15-4-2-1-3-5-15;/h1-10H;1H4. The summed E-state index contributed by atoms with van der Waals surface area (Å²) in [6, 6.07) is 20.3. The zero-order valence-electron chi connectivity index (χ0n) is 10.1. The van der Waals surface area contributed by atoms with Gasteiger partial charge in [-0.3, -0.25) is 0 Å². The number of hydrogen-bond donors (Lipinski definition) is 0. The molecule has 0 N–H and O–H groups in total. The van der Waals surface area contributed by atoms with Gasteiger partial charge in [-0.2, -0.15) is 10.5 Å². The van der Waals surface area contributed by atoms with Crippen LogP contribution < -0.4 is 4.74 Å². The van der Waals surface area contributed by atoms with E-state index in [1.807, 2.05) is 42.5 Å². The summed E-state index contributed by atoms with van der Waals surface area (Å²) in [6.07, 6.45) is 1.53. The molecule has 0 saturated heterocycles. The van der Waals surface area contributed by atoms with Gasteiger partial charge in [-0.15, -0.1) is 0 Å². The summed E-state index contributed by atoms with van der Waals surface area (Å²) < 4.78 is 5.64. The van der Waals surface area contributed by atoms with Crippen LogP contribution in [0.15, 0.2) is 60.2 Å². The van der Waals surface area contributed by atoms with Gasteiger partial charge in [-0.1, -0.05) is 37.8 Å². The van der Waals surface area contributed by atoms with E-state index in [0.29, 0.717) is 5.75 Å². The smallest absolute Gasteiger partial charge is 0.130 e. The minimum atomic E-state index is 0. The van der Waals surface area contributed by atoms with E-state index in [2.05, 4.69) is 0 Å². The van der Waals surface area contributed by atoms with Gasteiger partial charge in [0.05, 0.1) is 0 Å². The molecule has 0 bridgehead atoms. The first-order valence-electron chi connectivity index (χ1n) is 5.66. The second-order valence-electron chi connectivity index (χ2n) is 3.77. The van der Waals surface area contributed by atoms with Crippen molar-refractivity contribution in [2.45, 2.75) is 7.43 Å². The maximum Gasteiger partial charge on any atom is 0.130 e. The number of rotatable bonds is 3. The van der Waals surface area contributed by atoms with Crippen LogP contribution in [0.5, 0.6) is 11.5 Å². The van der Waals surface area contributed by atoms with E-state index >= 15 is 0 Å². The van der Waals surface area contributed by atoms with Crippen LogP contribution >= 0.6 is 0 Å². The number of hydrogen-bond acceptors (Lipinski definition) is 3. The Morgan fingerprint density at radius 3 is 1.95 bits per heavy atom. The van der Waals surface area contributed by atoms with Crippen LogP contribution in [0.2, 0.25) is 0 Å². The van der Waals surface area contributed by atoms with Gasteiger partial charge in [0.15, 0.2) is 0 Å². The van der Waals surface area contributed by atoms with Crippen molar-refractivity contribution in [1.29, 1.82) is 10.5 Å². The summed E-state index contributed by atoms with van der Waals surface area (Å²) in [5, 5.41) is 17.3. The minimum absolute atomic E-state index is 0. The fourth-order valence-corrected chi connectivity index (χ4v) is 1.51. The Hall–Kier alpha value is -3.04. The van der Waals surface area contributed by atoms with E-state index in [4.69, 9.17) is 15.3 Å². The number of nitriles is 2. The van der Waals surface area contributed by atoms with Crippen LogP contribution in [0.4, 0.5) is 0 Å². The molecule has 0 radical (unpaired) electrons. The quantitative estimate of drug-likeness (QED) is 0.763. The molecule has 0 atom stereocenters. The summed E-state index contributed by atoms with van der Waals surface area (Å²) in [7, 11) is 0. The molecule has 98 valence electrons. The highest BCUT2D eigenvalue weighted by atomic mass is 16.5. The predicted octanol–water partition coefficient (Wildman–Crippen LogP) is 4.55. The third-order valence-corrected chi connectivity index (χ3v) is 2.41. The van der Waals surface area contributed by atoms with Crippen molar-refractivity contribution < 1.29 is 4.74 Å². The lowest BCUT2D eigenvalue weighted by atomic mass is 10.1. The van der Waals surface area contributed by atoms with E-state index in [-0.39, 0.29) is 13.0 Å². The molecule has 0 spiro atoms. The van der Waals surface area contributed by atoms with Gasteiger partial charge in [-0.05, 0) is 35.9 Å². The van der Waals surface area contributed by atoms with Crippen LogP contribution in [0.25, 0.3) is 6.08 Å². The van der Waals surface area contributed by atoms with E-state index in [9.17, 15) is 0 Å². The molecule has 0 aliphatic carbocycles. The monoisotopic (exact) mass is 262 g/mol. The Bertz CT molecular complexity index is 643. The van der Waals surface area contributed by atoms with Gasteiger partial charge in [-0.25, -0.2) is 0 Å². The predicted molar refractivity (Wildman–Crippen MR) is 78.9 cm³/mol. The molecule has 2 rings (SSSR count). The highest BCUT2D eigenvalue weighted by Crippen LogP contribution is 2.21. The maximum absolute atomic E-state index is 8.67. The van der Waals surface area contributed by atoms with E-state index < -0.39 is 0 Å². The van der Waals surface area contributed by atoms with Crippen LogP contribution in [0, 0.1) is 22.7 Å². The molecule has 3 nitrogen and oxygen atoms in total. The normalized spacial score (nSPS) is 8.50. The average molecular weight is 262 g/mol. The fraction of sp³-hybridized carbons (Fsp3) is 0.0588. The molecular formula is C17H14N2O. The van der Waals surface area contributed by atoms with Gasteiger partial charge < -0.3 is 4.74 Å². The number of benzene rings is 2. The highest BCUT2D eigenvalue weighted by Gasteiger charge is 1.97. The third-order valence-electron chi connectivity index (χ3n) is 2.41. The molecule has 2 aromatic carbocycles. The fourth-order valence-electron chi connectivity index (χ4n) is 1.51. The van der Waals surface area contributed by atoms with Gasteiger partial charge in [0.1, 0.15) is 29.2 Å². The van der Waals surface area contributed by atoms with Crippen LogP contribution in [-0.2, 0) is 0 Å². The highest BCUT2D eigenvalue weighted by molar-refractivity contribution is 5.62. The Kier molecular flexibility index (Phi) is 5.56. The first-order valence-corrected chi connectivity index (χ1v) is 5.66. The summed E-state index contributed by atoms with van der Waals surface area (Å²) in [5.74, 6) is 1.47. The van der Waals surface area contributed by atoms with Gasteiger partial charge in [0.25, 0.3) is 0 Å². The summed E-state index contributed by atoms with van der Waals surface area (Å²) in [6.45, 7) is 0. The molecule has 0 saturated carbocycles. The molecule has 0 aliphatic rings. The molecule has 0 aliphatic heterocycles. The zero-order chi connectivity index (χ0) is 13.5. The molecule has 3 heteroatoms. The first-order chi connectivity index (χ1) is 9.31. The summed E-state index contributed by atoms with van der Waals surface area (Å²) in [5.41, 5.74) is 0.871. The zero-order valence-corrected chi connectivity index (χ0v) is 10.1. The van der Waals surface area contributed by atoms with Crippen molar-refractivity contribution in [2.75, 3.05) is 0 Å². The lowest BCUT2D eigenvalue weighted by molar-refractivity contribution is 0.482. The SMILES string of the molecule is C.N#CC(C#N)=Cc1ccc(Oc2ccccc2)cc1. The van der Waals surface area contributed by atoms with Crippen LogP contribution in [0.3, 0.4) is 0 Å². The third kappa shape index (κ3) is 4.01. The van der Waals surface area contributed by atoms with Crippen molar-refractivity contribution in [1.82, 2.24) is 0 Å². The number of nitrogens with zero attached hydrogens (tertiary/aromatic N) is 2. The number of allylic oxidation sites excluding steroid dienone is 1. The van der Waals surface area contributed by atoms with Crippen molar-refractivity contribution in [3.05, 3.63) is 65.7 Å². The Labute approximate surface area is 119 Å². The Morgan fingerprint density at radius 2 is 1.40 bits per heavy atom. The van der Waals surface area contributed by atoms with Crippen molar-refractivity contribution in [3.8, 4) is 23.6 Å². The molecule has 0 heterocycles. The lowest BCUT2D eigenvalue weighted by Crippen LogP contribution is -1.83. The van der Waals surface area contributed by atoms with Gasteiger partial charge >= 0.3 is 0 Å². The van der Waals surface area contributed by atoms with Gasteiger partial charge in [0, 0.05) is 0 Å². The first kappa shape index (κ1) is 15.0. The van der Waals surface area contributed by atoms with Crippen molar-refractivity contribution in [2.24, 2.45) is 0 Å². The molecule has 20 heavy (non-hydrogen) atoms.